The van der Waals surface area contributed by atoms with Crippen LogP contribution in [0, 0.1) is 0 Å². The number of aromatic nitrogens is 1. The summed E-state index contributed by atoms with van der Waals surface area (Å²) in [5.41, 5.74) is 0. The molecule has 78 valence electrons. The van der Waals surface area contributed by atoms with Crippen molar-refractivity contribution in [2.24, 2.45) is 0 Å². The van der Waals surface area contributed by atoms with Gasteiger partial charge in [-0.05, 0) is 26.1 Å². The van der Waals surface area contributed by atoms with E-state index in [4.69, 9.17) is 0 Å². The summed E-state index contributed by atoms with van der Waals surface area (Å²) in [6.07, 6.45) is 1.55. The highest BCUT2D eigenvalue weighted by molar-refractivity contribution is 7.89. The van der Waals surface area contributed by atoms with E-state index in [0.29, 0.717) is 12.4 Å². The van der Waals surface area contributed by atoms with Gasteiger partial charge in [0.25, 0.3) is 0 Å². The Hall–Kier alpha value is -1.14. The summed E-state index contributed by atoms with van der Waals surface area (Å²) in [6.45, 7) is 2.51. The lowest BCUT2D eigenvalue weighted by Gasteiger charge is -2.08. The van der Waals surface area contributed by atoms with Gasteiger partial charge in [0.05, 0.1) is 0 Å². The van der Waals surface area contributed by atoms with E-state index in [1.165, 1.54) is 13.1 Å². The van der Waals surface area contributed by atoms with Gasteiger partial charge in [-0.3, -0.25) is 0 Å². The smallest absolute Gasteiger partial charge is 0.243 e. The first-order valence-electron chi connectivity index (χ1n) is 4.24. The fraction of sp³-hybridized carbons (Fsp3) is 0.375. The quantitative estimate of drug-likeness (QED) is 0.763. The van der Waals surface area contributed by atoms with Crippen molar-refractivity contribution in [2.75, 3.05) is 18.9 Å². The van der Waals surface area contributed by atoms with Gasteiger partial charge in [-0.25, -0.2) is 18.1 Å². The van der Waals surface area contributed by atoms with E-state index in [1.807, 2.05) is 6.92 Å². The van der Waals surface area contributed by atoms with Gasteiger partial charge in [-0.2, -0.15) is 0 Å². The zero-order valence-electron chi connectivity index (χ0n) is 8.11. The van der Waals surface area contributed by atoms with Crippen LogP contribution in [0.5, 0.6) is 0 Å². The SMILES string of the molecule is CCNc1ncccc1S(=O)(=O)NC. The molecular weight excluding hydrogens is 202 g/mol. The van der Waals surface area contributed by atoms with E-state index in [-0.39, 0.29) is 4.90 Å². The molecule has 1 aromatic heterocycles. The second-order valence-corrected chi connectivity index (χ2v) is 4.44. The lowest BCUT2D eigenvalue weighted by molar-refractivity contribution is 0.588. The number of pyridine rings is 1. The summed E-state index contributed by atoms with van der Waals surface area (Å²) in [5, 5.41) is 2.89. The second-order valence-electron chi connectivity index (χ2n) is 2.59. The van der Waals surface area contributed by atoms with Crippen molar-refractivity contribution in [3.63, 3.8) is 0 Å². The summed E-state index contributed by atoms with van der Waals surface area (Å²) in [4.78, 5) is 4.12. The van der Waals surface area contributed by atoms with Crippen LogP contribution in [-0.4, -0.2) is 27.0 Å². The standard InChI is InChI=1S/C8H13N3O2S/c1-3-10-8-7(5-4-6-11-8)14(12,13)9-2/h4-6,9H,3H2,1-2H3,(H,10,11). The minimum atomic E-state index is -3.43. The molecule has 0 bridgehead atoms. The van der Waals surface area contributed by atoms with Gasteiger partial charge < -0.3 is 5.32 Å². The molecule has 0 radical (unpaired) electrons. The fourth-order valence-electron chi connectivity index (χ4n) is 1.02. The normalized spacial score (nSPS) is 11.3. The van der Waals surface area contributed by atoms with Crippen LogP contribution in [0.15, 0.2) is 23.2 Å². The number of nitrogens with zero attached hydrogens (tertiary/aromatic N) is 1. The molecule has 0 spiro atoms. The molecule has 0 amide bonds. The summed E-state index contributed by atoms with van der Waals surface area (Å²) in [5.74, 6) is 0.379. The number of sulfonamides is 1. The minimum Gasteiger partial charge on any atom is -0.369 e. The van der Waals surface area contributed by atoms with Crippen molar-refractivity contribution < 1.29 is 8.42 Å². The number of nitrogens with one attached hydrogen (secondary N) is 2. The lowest BCUT2D eigenvalue weighted by atomic mass is 10.4. The number of hydrogen-bond donors (Lipinski definition) is 2. The molecule has 0 saturated carbocycles. The highest BCUT2D eigenvalue weighted by Crippen LogP contribution is 2.16. The van der Waals surface area contributed by atoms with E-state index in [2.05, 4.69) is 15.0 Å². The van der Waals surface area contributed by atoms with Crippen LogP contribution in [0.4, 0.5) is 5.82 Å². The zero-order chi connectivity index (χ0) is 10.6. The molecule has 5 nitrogen and oxygen atoms in total. The van der Waals surface area contributed by atoms with Crippen molar-refractivity contribution in [2.45, 2.75) is 11.8 Å². The van der Waals surface area contributed by atoms with E-state index in [0.717, 1.165) is 0 Å². The van der Waals surface area contributed by atoms with Crippen molar-refractivity contribution in [1.82, 2.24) is 9.71 Å². The third kappa shape index (κ3) is 2.21. The van der Waals surface area contributed by atoms with E-state index >= 15 is 0 Å². The van der Waals surface area contributed by atoms with Gasteiger partial charge in [0, 0.05) is 12.7 Å². The topological polar surface area (TPSA) is 71.1 Å². The van der Waals surface area contributed by atoms with E-state index in [9.17, 15) is 8.42 Å². The van der Waals surface area contributed by atoms with Crippen molar-refractivity contribution in [1.29, 1.82) is 0 Å². The van der Waals surface area contributed by atoms with Crippen LogP contribution < -0.4 is 10.0 Å². The molecule has 0 atom stereocenters. The highest BCUT2D eigenvalue weighted by atomic mass is 32.2. The largest absolute Gasteiger partial charge is 0.369 e. The van der Waals surface area contributed by atoms with Gasteiger partial charge in [0.2, 0.25) is 10.0 Å². The number of hydrogen-bond acceptors (Lipinski definition) is 4. The third-order valence-electron chi connectivity index (χ3n) is 1.67. The Kier molecular flexibility index (Phi) is 3.43. The predicted octanol–water partition coefficient (Wildman–Crippen LogP) is 0.421. The summed E-state index contributed by atoms with van der Waals surface area (Å²) in [7, 11) is -2.05. The average molecular weight is 215 g/mol. The van der Waals surface area contributed by atoms with Gasteiger partial charge in [-0.15, -0.1) is 0 Å². The molecule has 14 heavy (non-hydrogen) atoms. The first-order chi connectivity index (χ1) is 6.61. The Bertz CT molecular complexity index is 403. The maximum Gasteiger partial charge on any atom is 0.243 e. The molecule has 0 aliphatic rings. The maximum absolute atomic E-state index is 11.5. The Morgan fingerprint density at radius 1 is 1.50 bits per heavy atom. The fourth-order valence-corrected chi connectivity index (χ4v) is 1.87. The van der Waals surface area contributed by atoms with E-state index < -0.39 is 10.0 Å². The van der Waals surface area contributed by atoms with Crippen LogP contribution in [0.3, 0.4) is 0 Å². The van der Waals surface area contributed by atoms with Crippen molar-refractivity contribution >= 4 is 15.8 Å². The average Bonchev–Trinajstić information content (AvgIpc) is 2.19. The number of rotatable bonds is 4. The molecule has 0 saturated heterocycles. The van der Waals surface area contributed by atoms with E-state index in [1.54, 1.807) is 12.3 Å². The monoisotopic (exact) mass is 215 g/mol. The molecule has 0 fully saturated rings. The summed E-state index contributed by atoms with van der Waals surface area (Å²) >= 11 is 0. The molecule has 1 aromatic rings. The highest BCUT2D eigenvalue weighted by Gasteiger charge is 2.16. The maximum atomic E-state index is 11.5. The molecule has 0 aliphatic carbocycles. The minimum absolute atomic E-state index is 0.171. The third-order valence-corrected chi connectivity index (χ3v) is 3.12. The first kappa shape index (κ1) is 10.9. The molecule has 1 rings (SSSR count). The molecule has 2 N–H and O–H groups in total. The zero-order valence-corrected chi connectivity index (χ0v) is 8.93. The summed E-state index contributed by atoms with van der Waals surface area (Å²) < 4.78 is 25.3. The molecular formula is C8H13N3O2S. The van der Waals surface area contributed by atoms with Gasteiger partial charge >= 0.3 is 0 Å². The Morgan fingerprint density at radius 3 is 2.79 bits per heavy atom. The molecule has 1 heterocycles. The Morgan fingerprint density at radius 2 is 2.21 bits per heavy atom. The second kappa shape index (κ2) is 4.39. The lowest BCUT2D eigenvalue weighted by Crippen LogP contribution is -2.20. The van der Waals surface area contributed by atoms with Gasteiger partial charge in [0.15, 0.2) is 0 Å². The number of anilines is 1. The molecule has 0 aliphatic heterocycles. The summed E-state index contributed by atoms with van der Waals surface area (Å²) in [6, 6.07) is 3.10. The first-order valence-corrected chi connectivity index (χ1v) is 5.72. The van der Waals surface area contributed by atoms with Crippen LogP contribution in [0.1, 0.15) is 6.92 Å². The Labute approximate surface area is 83.6 Å². The van der Waals surface area contributed by atoms with Crippen LogP contribution >= 0.6 is 0 Å². The van der Waals surface area contributed by atoms with Gasteiger partial charge in [-0.1, -0.05) is 0 Å². The predicted molar refractivity (Wildman–Crippen MR) is 54.6 cm³/mol. The molecule has 0 aromatic carbocycles. The molecule has 0 unspecified atom stereocenters. The van der Waals surface area contributed by atoms with Crippen LogP contribution in [0.2, 0.25) is 0 Å². The van der Waals surface area contributed by atoms with Crippen LogP contribution in [0.25, 0.3) is 0 Å². The van der Waals surface area contributed by atoms with Gasteiger partial charge in [0.1, 0.15) is 10.7 Å². The van der Waals surface area contributed by atoms with Crippen molar-refractivity contribution in [3.05, 3.63) is 18.3 Å². The van der Waals surface area contributed by atoms with Crippen molar-refractivity contribution in [3.8, 4) is 0 Å². The van der Waals surface area contributed by atoms with Crippen LogP contribution in [-0.2, 0) is 10.0 Å². The Balaban J connectivity index is 3.20. The molecule has 6 heteroatoms.